The van der Waals surface area contributed by atoms with Crippen molar-refractivity contribution in [3.63, 3.8) is 0 Å². The van der Waals surface area contributed by atoms with Gasteiger partial charge in [0.05, 0.1) is 21.5 Å². The minimum Gasteiger partial charge on any atom is -0.383 e. The Hall–Kier alpha value is -0.330. The molecule has 1 aromatic rings. The molecule has 0 aliphatic heterocycles. The second-order valence-electron chi connectivity index (χ2n) is 3.55. The zero-order chi connectivity index (χ0) is 13.1. The van der Waals surface area contributed by atoms with Crippen LogP contribution in [0.4, 0.5) is 0 Å². The standard InChI is InChI=1S/C10H13Cl2NO3S/c1-7(6-16-2)13-17(14,15)8-3-4-9(11)10(12)5-8/h3-5,7,13H,6H2,1-2H3/t7-/m0/s1. The van der Waals surface area contributed by atoms with Gasteiger partial charge in [0.25, 0.3) is 0 Å². The van der Waals surface area contributed by atoms with E-state index in [0.717, 1.165) is 0 Å². The molecule has 1 rings (SSSR count). The van der Waals surface area contributed by atoms with Gasteiger partial charge in [-0.1, -0.05) is 23.2 Å². The topological polar surface area (TPSA) is 55.4 Å². The summed E-state index contributed by atoms with van der Waals surface area (Å²) in [5.74, 6) is 0. The molecule has 0 heterocycles. The minimum absolute atomic E-state index is 0.0786. The normalized spacial score (nSPS) is 13.6. The van der Waals surface area contributed by atoms with Gasteiger partial charge in [0, 0.05) is 13.2 Å². The zero-order valence-electron chi connectivity index (χ0n) is 9.41. The molecule has 0 bridgehead atoms. The van der Waals surface area contributed by atoms with Crippen molar-refractivity contribution in [3.05, 3.63) is 28.2 Å². The Bertz CT molecular complexity index is 490. The molecule has 0 aliphatic rings. The first-order valence-corrected chi connectivity index (χ1v) is 7.07. The van der Waals surface area contributed by atoms with Gasteiger partial charge in [-0.05, 0) is 25.1 Å². The van der Waals surface area contributed by atoms with Crippen molar-refractivity contribution in [2.24, 2.45) is 0 Å². The van der Waals surface area contributed by atoms with Crippen LogP contribution in [0.3, 0.4) is 0 Å². The van der Waals surface area contributed by atoms with Crippen LogP contribution in [0.2, 0.25) is 10.0 Å². The van der Waals surface area contributed by atoms with Crippen molar-refractivity contribution < 1.29 is 13.2 Å². The van der Waals surface area contributed by atoms with E-state index in [2.05, 4.69) is 4.72 Å². The summed E-state index contributed by atoms with van der Waals surface area (Å²) in [5, 5.41) is 0.518. The van der Waals surface area contributed by atoms with Gasteiger partial charge >= 0.3 is 0 Å². The smallest absolute Gasteiger partial charge is 0.240 e. The van der Waals surface area contributed by atoms with E-state index in [9.17, 15) is 8.42 Å². The lowest BCUT2D eigenvalue weighted by Crippen LogP contribution is -2.35. The first kappa shape index (κ1) is 14.7. The maximum atomic E-state index is 11.9. The minimum atomic E-state index is -3.59. The molecule has 0 aliphatic carbocycles. The SMILES string of the molecule is COC[C@H](C)NS(=O)(=O)c1ccc(Cl)c(Cl)c1. The molecule has 0 unspecified atom stereocenters. The molecule has 0 radical (unpaired) electrons. The van der Waals surface area contributed by atoms with Crippen LogP contribution in [0.25, 0.3) is 0 Å². The number of benzene rings is 1. The third kappa shape index (κ3) is 4.12. The molecule has 0 amide bonds. The van der Waals surface area contributed by atoms with E-state index in [1.54, 1.807) is 6.92 Å². The van der Waals surface area contributed by atoms with Crippen LogP contribution < -0.4 is 4.72 Å². The van der Waals surface area contributed by atoms with Gasteiger partial charge in [0.15, 0.2) is 0 Å². The highest BCUT2D eigenvalue weighted by Crippen LogP contribution is 2.24. The predicted octanol–water partition coefficient (Wildman–Crippen LogP) is 2.31. The third-order valence-corrected chi connectivity index (χ3v) is 4.30. The summed E-state index contributed by atoms with van der Waals surface area (Å²) in [7, 11) is -2.09. The molecule has 0 spiro atoms. The predicted molar refractivity (Wildman–Crippen MR) is 68.1 cm³/mol. The number of halogens is 2. The summed E-state index contributed by atoms with van der Waals surface area (Å²) in [6.07, 6.45) is 0. The average Bonchev–Trinajstić information content (AvgIpc) is 2.21. The third-order valence-electron chi connectivity index (χ3n) is 1.97. The van der Waals surface area contributed by atoms with Crippen LogP contribution in [0, 0.1) is 0 Å². The number of hydrogen-bond donors (Lipinski definition) is 1. The molecule has 0 aromatic heterocycles. The molecule has 96 valence electrons. The first-order chi connectivity index (χ1) is 7.86. The highest BCUT2D eigenvalue weighted by molar-refractivity contribution is 7.89. The number of ether oxygens (including phenoxy) is 1. The van der Waals surface area contributed by atoms with E-state index in [0.29, 0.717) is 11.6 Å². The molecular weight excluding hydrogens is 285 g/mol. The molecular formula is C10H13Cl2NO3S. The summed E-state index contributed by atoms with van der Waals surface area (Å²) in [5.41, 5.74) is 0. The summed E-state index contributed by atoms with van der Waals surface area (Å²) in [4.78, 5) is 0.0786. The van der Waals surface area contributed by atoms with Crippen LogP contribution in [0.5, 0.6) is 0 Å². The molecule has 1 aromatic carbocycles. The summed E-state index contributed by atoms with van der Waals surface area (Å²) in [6.45, 7) is 2.00. The molecule has 0 saturated heterocycles. The number of nitrogens with one attached hydrogen (secondary N) is 1. The Morgan fingerprint density at radius 2 is 2.00 bits per heavy atom. The quantitative estimate of drug-likeness (QED) is 0.907. The zero-order valence-corrected chi connectivity index (χ0v) is 11.7. The fourth-order valence-corrected chi connectivity index (χ4v) is 2.88. The Morgan fingerprint density at radius 3 is 2.53 bits per heavy atom. The number of rotatable bonds is 5. The Morgan fingerprint density at radius 1 is 1.35 bits per heavy atom. The lowest BCUT2D eigenvalue weighted by Gasteiger charge is -2.13. The molecule has 1 N–H and O–H groups in total. The number of methoxy groups -OCH3 is 1. The molecule has 0 saturated carbocycles. The van der Waals surface area contributed by atoms with Crippen LogP contribution in [-0.4, -0.2) is 28.2 Å². The van der Waals surface area contributed by atoms with Crippen LogP contribution in [0.1, 0.15) is 6.92 Å². The Balaban J connectivity index is 2.93. The molecule has 1 atom stereocenters. The fraction of sp³-hybridized carbons (Fsp3) is 0.400. The second kappa shape index (κ2) is 6.02. The molecule has 4 nitrogen and oxygen atoms in total. The lowest BCUT2D eigenvalue weighted by molar-refractivity contribution is 0.180. The summed E-state index contributed by atoms with van der Waals surface area (Å²) in [6, 6.07) is 3.83. The highest BCUT2D eigenvalue weighted by atomic mass is 35.5. The average molecular weight is 298 g/mol. The summed E-state index contributed by atoms with van der Waals surface area (Å²) >= 11 is 11.5. The van der Waals surface area contributed by atoms with Crippen LogP contribution >= 0.6 is 23.2 Å². The maximum absolute atomic E-state index is 11.9. The Labute approximate surface area is 111 Å². The van der Waals surface area contributed by atoms with Gasteiger partial charge in [-0.3, -0.25) is 0 Å². The number of sulfonamides is 1. The lowest BCUT2D eigenvalue weighted by atomic mass is 10.4. The Kier molecular flexibility index (Phi) is 5.22. The van der Waals surface area contributed by atoms with Gasteiger partial charge in [-0.2, -0.15) is 0 Å². The molecule has 7 heteroatoms. The van der Waals surface area contributed by atoms with Gasteiger partial charge in [0.2, 0.25) is 10.0 Å². The van der Waals surface area contributed by atoms with E-state index in [-0.39, 0.29) is 16.0 Å². The molecule has 0 fully saturated rings. The van der Waals surface area contributed by atoms with Gasteiger partial charge in [-0.25, -0.2) is 13.1 Å². The van der Waals surface area contributed by atoms with E-state index in [1.807, 2.05) is 0 Å². The van der Waals surface area contributed by atoms with Crippen LogP contribution in [-0.2, 0) is 14.8 Å². The van der Waals surface area contributed by atoms with Crippen molar-refractivity contribution in [3.8, 4) is 0 Å². The monoisotopic (exact) mass is 297 g/mol. The van der Waals surface area contributed by atoms with E-state index < -0.39 is 10.0 Å². The largest absolute Gasteiger partial charge is 0.383 e. The van der Waals surface area contributed by atoms with Gasteiger partial charge in [-0.15, -0.1) is 0 Å². The van der Waals surface area contributed by atoms with Crippen molar-refractivity contribution in [2.45, 2.75) is 17.9 Å². The highest BCUT2D eigenvalue weighted by Gasteiger charge is 2.18. The van der Waals surface area contributed by atoms with E-state index >= 15 is 0 Å². The van der Waals surface area contributed by atoms with Crippen LogP contribution in [0.15, 0.2) is 23.1 Å². The van der Waals surface area contributed by atoms with E-state index in [4.69, 9.17) is 27.9 Å². The van der Waals surface area contributed by atoms with Crippen molar-refractivity contribution >= 4 is 33.2 Å². The first-order valence-electron chi connectivity index (χ1n) is 4.83. The van der Waals surface area contributed by atoms with Crippen molar-refractivity contribution in [1.82, 2.24) is 4.72 Å². The number of hydrogen-bond acceptors (Lipinski definition) is 3. The van der Waals surface area contributed by atoms with Gasteiger partial charge < -0.3 is 4.74 Å². The van der Waals surface area contributed by atoms with E-state index in [1.165, 1.54) is 25.3 Å². The van der Waals surface area contributed by atoms with Gasteiger partial charge in [0.1, 0.15) is 0 Å². The fourth-order valence-electron chi connectivity index (χ4n) is 1.26. The summed E-state index contributed by atoms with van der Waals surface area (Å²) < 4.78 is 31.1. The van der Waals surface area contributed by atoms with Crippen molar-refractivity contribution in [2.75, 3.05) is 13.7 Å². The maximum Gasteiger partial charge on any atom is 0.240 e. The molecule has 17 heavy (non-hydrogen) atoms. The second-order valence-corrected chi connectivity index (χ2v) is 6.08. The van der Waals surface area contributed by atoms with Crippen molar-refractivity contribution in [1.29, 1.82) is 0 Å².